The summed E-state index contributed by atoms with van der Waals surface area (Å²) in [6.07, 6.45) is 1.65. The molecule has 0 bridgehead atoms. The van der Waals surface area contributed by atoms with Gasteiger partial charge in [0, 0.05) is 0 Å². The molecular weight excluding hydrogens is 264 g/mol. The lowest BCUT2D eigenvalue weighted by Crippen LogP contribution is -1.98. The molecule has 0 spiro atoms. The van der Waals surface area contributed by atoms with Crippen molar-refractivity contribution in [2.24, 2.45) is 5.10 Å². The number of nitrogens with zero attached hydrogens (tertiary/aromatic N) is 1. The van der Waals surface area contributed by atoms with Crippen LogP contribution >= 0.6 is 0 Å². The fourth-order valence-corrected chi connectivity index (χ4v) is 1.90. The Morgan fingerprint density at radius 3 is 2.21 bits per heavy atom. The molecule has 0 saturated heterocycles. The highest BCUT2D eigenvalue weighted by Gasteiger charge is 2.07. The quantitative estimate of drug-likeness (QED) is 0.510. The van der Waals surface area contributed by atoms with Gasteiger partial charge in [-0.25, -0.2) is 0 Å². The van der Waals surface area contributed by atoms with E-state index in [4.69, 9.17) is 4.55 Å². The van der Waals surface area contributed by atoms with Crippen LogP contribution < -0.4 is 5.43 Å². The van der Waals surface area contributed by atoms with Crippen LogP contribution in [-0.2, 0) is 10.1 Å². The Morgan fingerprint density at radius 1 is 1.00 bits per heavy atom. The molecule has 0 aromatic heterocycles. The van der Waals surface area contributed by atoms with Crippen LogP contribution in [0.25, 0.3) is 0 Å². The molecule has 0 saturated carbocycles. The second-order valence-electron chi connectivity index (χ2n) is 3.78. The van der Waals surface area contributed by atoms with Crippen LogP contribution in [0.1, 0.15) is 5.56 Å². The first-order chi connectivity index (χ1) is 9.05. The van der Waals surface area contributed by atoms with Gasteiger partial charge in [-0.15, -0.1) is 0 Å². The summed E-state index contributed by atoms with van der Waals surface area (Å²) in [5.41, 5.74) is 4.34. The first-order valence-corrected chi connectivity index (χ1v) is 6.91. The van der Waals surface area contributed by atoms with Crippen molar-refractivity contribution < 1.29 is 13.0 Å². The van der Waals surface area contributed by atoms with Crippen LogP contribution in [0.15, 0.2) is 64.6 Å². The molecule has 0 atom stereocenters. The summed E-state index contributed by atoms with van der Waals surface area (Å²) >= 11 is 0. The van der Waals surface area contributed by atoms with Crippen molar-refractivity contribution in [1.82, 2.24) is 0 Å². The third kappa shape index (κ3) is 3.90. The standard InChI is InChI=1S/C13H12N2O3S/c16-19(17,18)13-8-6-12(7-9-13)15-14-10-11-4-2-1-3-5-11/h1-10,15H,(H,16,17,18). The van der Waals surface area contributed by atoms with Gasteiger partial charge in [0.2, 0.25) is 0 Å². The maximum atomic E-state index is 10.8. The van der Waals surface area contributed by atoms with Gasteiger partial charge >= 0.3 is 0 Å². The number of rotatable bonds is 4. The number of anilines is 1. The van der Waals surface area contributed by atoms with E-state index in [1.165, 1.54) is 24.3 Å². The van der Waals surface area contributed by atoms with Gasteiger partial charge in [0.1, 0.15) is 0 Å². The molecule has 0 unspecified atom stereocenters. The van der Waals surface area contributed by atoms with Gasteiger partial charge in [-0.3, -0.25) is 9.98 Å². The number of hydrogen-bond acceptors (Lipinski definition) is 4. The number of benzene rings is 2. The fraction of sp³-hybridized carbons (Fsp3) is 0. The number of hydrogen-bond donors (Lipinski definition) is 2. The molecule has 19 heavy (non-hydrogen) atoms. The summed E-state index contributed by atoms with van der Waals surface area (Å²) in [4.78, 5) is -0.148. The highest BCUT2D eigenvalue weighted by atomic mass is 32.2. The molecule has 0 aliphatic heterocycles. The van der Waals surface area contributed by atoms with Gasteiger partial charge in [-0.2, -0.15) is 13.5 Å². The average molecular weight is 276 g/mol. The van der Waals surface area contributed by atoms with Crippen LogP contribution in [0, 0.1) is 0 Å². The lowest BCUT2D eigenvalue weighted by atomic mass is 10.2. The maximum Gasteiger partial charge on any atom is 0.294 e. The highest BCUT2D eigenvalue weighted by molar-refractivity contribution is 7.85. The van der Waals surface area contributed by atoms with Gasteiger partial charge in [-0.05, 0) is 29.8 Å². The van der Waals surface area contributed by atoms with Crippen molar-refractivity contribution in [1.29, 1.82) is 0 Å². The molecule has 2 rings (SSSR count). The van der Waals surface area contributed by atoms with Crippen molar-refractivity contribution in [3.8, 4) is 0 Å². The maximum absolute atomic E-state index is 10.8. The summed E-state index contributed by atoms with van der Waals surface area (Å²) < 4.78 is 30.5. The van der Waals surface area contributed by atoms with Crippen molar-refractivity contribution in [2.75, 3.05) is 5.43 Å². The minimum absolute atomic E-state index is 0.148. The Morgan fingerprint density at radius 2 is 1.63 bits per heavy atom. The lowest BCUT2D eigenvalue weighted by Gasteiger charge is -2.01. The molecule has 2 N–H and O–H groups in total. The number of nitrogens with one attached hydrogen (secondary N) is 1. The molecule has 0 aliphatic carbocycles. The first-order valence-electron chi connectivity index (χ1n) is 5.47. The average Bonchev–Trinajstić information content (AvgIpc) is 2.39. The van der Waals surface area contributed by atoms with Gasteiger partial charge in [0.15, 0.2) is 0 Å². The predicted molar refractivity (Wildman–Crippen MR) is 73.9 cm³/mol. The monoisotopic (exact) mass is 276 g/mol. The SMILES string of the molecule is O=S(=O)(O)c1ccc(NN=Cc2ccccc2)cc1. The van der Waals surface area contributed by atoms with Crippen molar-refractivity contribution >= 4 is 22.0 Å². The van der Waals surface area contributed by atoms with Crippen LogP contribution in [0.3, 0.4) is 0 Å². The van der Waals surface area contributed by atoms with Gasteiger partial charge < -0.3 is 0 Å². The van der Waals surface area contributed by atoms with E-state index >= 15 is 0 Å². The molecule has 2 aromatic carbocycles. The molecule has 5 nitrogen and oxygen atoms in total. The summed E-state index contributed by atoms with van der Waals surface area (Å²) in [5, 5.41) is 4.02. The zero-order chi connectivity index (χ0) is 13.7. The summed E-state index contributed by atoms with van der Waals surface area (Å²) in [6.45, 7) is 0. The smallest absolute Gasteiger partial charge is 0.282 e. The van der Waals surface area contributed by atoms with E-state index in [2.05, 4.69) is 10.5 Å². The Balaban J connectivity index is 2.03. The zero-order valence-electron chi connectivity index (χ0n) is 9.89. The Bertz CT molecular complexity index is 665. The minimum atomic E-state index is -4.15. The topological polar surface area (TPSA) is 78.8 Å². The first kappa shape index (κ1) is 13.3. The van der Waals surface area contributed by atoms with Crippen LogP contribution in [-0.4, -0.2) is 19.2 Å². The van der Waals surface area contributed by atoms with Crippen LogP contribution in [0.5, 0.6) is 0 Å². The molecule has 0 heterocycles. The largest absolute Gasteiger partial charge is 0.294 e. The highest BCUT2D eigenvalue weighted by Crippen LogP contribution is 2.13. The summed E-state index contributed by atoms with van der Waals surface area (Å²) in [7, 11) is -4.15. The van der Waals surface area contributed by atoms with E-state index in [9.17, 15) is 8.42 Å². The van der Waals surface area contributed by atoms with Crippen molar-refractivity contribution in [3.05, 3.63) is 60.2 Å². The van der Waals surface area contributed by atoms with Crippen LogP contribution in [0.4, 0.5) is 5.69 Å². The van der Waals surface area contributed by atoms with Gasteiger partial charge in [0.25, 0.3) is 10.1 Å². The third-order valence-corrected chi connectivity index (χ3v) is 3.23. The second-order valence-corrected chi connectivity index (χ2v) is 5.20. The Labute approximate surface area is 111 Å². The number of hydrazone groups is 1. The van der Waals surface area contributed by atoms with E-state index < -0.39 is 10.1 Å². The molecule has 2 aromatic rings. The molecule has 98 valence electrons. The van der Waals surface area contributed by atoms with Crippen molar-refractivity contribution in [2.45, 2.75) is 4.90 Å². The molecule has 0 amide bonds. The normalized spacial score (nSPS) is 11.6. The zero-order valence-corrected chi connectivity index (χ0v) is 10.7. The van der Waals surface area contributed by atoms with Gasteiger partial charge in [-0.1, -0.05) is 30.3 Å². The predicted octanol–water partition coefficient (Wildman–Crippen LogP) is 2.38. The molecule has 6 heteroatoms. The van der Waals surface area contributed by atoms with Crippen LogP contribution in [0.2, 0.25) is 0 Å². The Hall–Kier alpha value is -2.18. The molecule has 0 aliphatic rings. The van der Waals surface area contributed by atoms with E-state index in [1.54, 1.807) is 6.21 Å². The molecule has 0 radical (unpaired) electrons. The van der Waals surface area contributed by atoms with Crippen molar-refractivity contribution in [3.63, 3.8) is 0 Å². The summed E-state index contributed by atoms with van der Waals surface area (Å²) in [5.74, 6) is 0. The lowest BCUT2D eigenvalue weighted by molar-refractivity contribution is 0.483. The second kappa shape index (κ2) is 5.64. The van der Waals surface area contributed by atoms with E-state index in [0.29, 0.717) is 5.69 Å². The molecular formula is C13H12N2O3S. The summed E-state index contributed by atoms with van der Waals surface area (Å²) in [6, 6.07) is 15.2. The minimum Gasteiger partial charge on any atom is -0.282 e. The third-order valence-electron chi connectivity index (χ3n) is 2.36. The van der Waals surface area contributed by atoms with E-state index in [-0.39, 0.29) is 4.90 Å². The van der Waals surface area contributed by atoms with E-state index in [1.807, 2.05) is 30.3 Å². The van der Waals surface area contributed by atoms with E-state index in [0.717, 1.165) is 5.56 Å². The Kier molecular flexibility index (Phi) is 3.94. The molecule has 0 fully saturated rings. The fourth-order valence-electron chi connectivity index (χ4n) is 1.42. The van der Waals surface area contributed by atoms with Gasteiger partial charge in [0.05, 0.1) is 16.8 Å².